The van der Waals surface area contributed by atoms with Crippen LogP contribution in [0.25, 0.3) is 0 Å². The molecule has 1 saturated heterocycles. The Kier molecular flexibility index (Phi) is 5.26. The quantitative estimate of drug-likeness (QED) is 0.821. The lowest BCUT2D eigenvalue weighted by Crippen LogP contribution is -2.58. The molecular formula is C16H25IN2. The molecule has 3 heteroatoms. The number of hydrogen-bond donors (Lipinski definition) is 1. The number of piperidine rings is 1. The molecule has 0 bridgehead atoms. The van der Waals surface area contributed by atoms with E-state index in [1.807, 2.05) is 0 Å². The van der Waals surface area contributed by atoms with Gasteiger partial charge in [0.1, 0.15) is 0 Å². The van der Waals surface area contributed by atoms with Crippen LogP contribution in [0, 0.1) is 3.57 Å². The van der Waals surface area contributed by atoms with Crippen LogP contribution in [0.1, 0.15) is 38.7 Å². The first kappa shape index (κ1) is 15.3. The number of likely N-dealkylation sites (tertiary alicyclic amines) is 1. The average molecular weight is 372 g/mol. The topological polar surface area (TPSA) is 29.3 Å². The van der Waals surface area contributed by atoms with Gasteiger partial charge in [-0.25, -0.2) is 0 Å². The van der Waals surface area contributed by atoms with Gasteiger partial charge in [0.2, 0.25) is 0 Å². The summed E-state index contributed by atoms with van der Waals surface area (Å²) in [6.45, 7) is 7.01. The fourth-order valence-electron chi connectivity index (χ4n) is 2.83. The van der Waals surface area contributed by atoms with Crippen LogP contribution in [0.15, 0.2) is 24.3 Å². The van der Waals surface area contributed by atoms with E-state index in [0.29, 0.717) is 0 Å². The summed E-state index contributed by atoms with van der Waals surface area (Å²) >= 11 is 2.34. The van der Waals surface area contributed by atoms with E-state index in [2.05, 4.69) is 65.6 Å². The molecule has 0 aliphatic carbocycles. The molecule has 2 rings (SSSR count). The van der Waals surface area contributed by atoms with Crippen LogP contribution >= 0.6 is 22.6 Å². The summed E-state index contributed by atoms with van der Waals surface area (Å²) < 4.78 is 1.28. The van der Waals surface area contributed by atoms with Gasteiger partial charge in [-0.2, -0.15) is 0 Å². The lowest BCUT2D eigenvalue weighted by molar-refractivity contribution is 0.0731. The average Bonchev–Trinajstić information content (AvgIpc) is 2.42. The van der Waals surface area contributed by atoms with Crippen LogP contribution in [0.2, 0.25) is 0 Å². The Hall–Kier alpha value is -0.130. The van der Waals surface area contributed by atoms with Gasteiger partial charge in [0, 0.05) is 15.2 Å². The molecule has 19 heavy (non-hydrogen) atoms. The zero-order valence-electron chi connectivity index (χ0n) is 12.0. The first-order valence-electron chi connectivity index (χ1n) is 7.25. The number of halogens is 1. The molecule has 1 atom stereocenters. The molecule has 1 heterocycles. The predicted octanol–water partition coefficient (Wildman–Crippen LogP) is 3.43. The second-order valence-corrected chi connectivity index (χ2v) is 7.38. The van der Waals surface area contributed by atoms with Gasteiger partial charge in [-0.05, 0) is 86.5 Å². The Morgan fingerprint density at radius 1 is 1.16 bits per heavy atom. The van der Waals surface area contributed by atoms with E-state index < -0.39 is 0 Å². The SMILES string of the molecule is CC(C)(C(N)Cc1ccc(I)cc1)N1CCCCC1. The van der Waals surface area contributed by atoms with Gasteiger partial charge < -0.3 is 5.73 Å². The minimum atomic E-state index is 0.0867. The van der Waals surface area contributed by atoms with Gasteiger partial charge in [-0.1, -0.05) is 18.6 Å². The second-order valence-electron chi connectivity index (χ2n) is 6.14. The molecular weight excluding hydrogens is 347 g/mol. The summed E-state index contributed by atoms with van der Waals surface area (Å²) in [7, 11) is 0. The molecule has 0 saturated carbocycles. The van der Waals surface area contributed by atoms with Gasteiger partial charge in [0.05, 0.1) is 0 Å². The highest BCUT2D eigenvalue weighted by molar-refractivity contribution is 14.1. The van der Waals surface area contributed by atoms with Crippen molar-refractivity contribution in [2.75, 3.05) is 13.1 Å². The lowest BCUT2D eigenvalue weighted by Gasteiger charge is -2.44. The molecule has 0 aromatic heterocycles. The monoisotopic (exact) mass is 372 g/mol. The Morgan fingerprint density at radius 2 is 1.74 bits per heavy atom. The molecule has 0 spiro atoms. The molecule has 2 N–H and O–H groups in total. The van der Waals surface area contributed by atoms with Crippen LogP contribution < -0.4 is 5.73 Å². The zero-order valence-corrected chi connectivity index (χ0v) is 14.2. The van der Waals surface area contributed by atoms with Crippen LogP contribution in [-0.2, 0) is 6.42 Å². The van der Waals surface area contributed by atoms with Crippen LogP contribution in [-0.4, -0.2) is 29.6 Å². The zero-order chi connectivity index (χ0) is 13.9. The Bertz CT molecular complexity index is 394. The van der Waals surface area contributed by atoms with Crippen molar-refractivity contribution in [1.82, 2.24) is 4.90 Å². The normalized spacial score (nSPS) is 19.4. The Balaban J connectivity index is 2.00. The third-order valence-electron chi connectivity index (χ3n) is 4.45. The van der Waals surface area contributed by atoms with E-state index in [4.69, 9.17) is 5.73 Å². The molecule has 1 unspecified atom stereocenters. The summed E-state index contributed by atoms with van der Waals surface area (Å²) in [6, 6.07) is 8.92. The van der Waals surface area contributed by atoms with E-state index in [-0.39, 0.29) is 11.6 Å². The second kappa shape index (κ2) is 6.55. The lowest BCUT2D eigenvalue weighted by atomic mass is 9.87. The molecule has 2 nitrogen and oxygen atoms in total. The molecule has 1 aromatic carbocycles. The number of nitrogens with zero attached hydrogens (tertiary/aromatic N) is 1. The van der Waals surface area contributed by atoms with Crippen molar-refractivity contribution in [1.29, 1.82) is 0 Å². The summed E-state index contributed by atoms with van der Waals surface area (Å²) in [6.07, 6.45) is 4.97. The predicted molar refractivity (Wildman–Crippen MR) is 90.3 cm³/mol. The Morgan fingerprint density at radius 3 is 2.32 bits per heavy atom. The molecule has 1 aliphatic rings. The summed E-state index contributed by atoms with van der Waals surface area (Å²) in [5.41, 5.74) is 7.94. The van der Waals surface area contributed by atoms with Crippen molar-refractivity contribution >= 4 is 22.6 Å². The number of benzene rings is 1. The minimum absolute atomic E-state index is 0.0867. The summed E-state index contributed by atoms with van der Waals surface area (Å²) in [5.74, 6) is 0. The van der Waals surface area contributed by atoms with Gasteiger partial charge >= 0.3 is 0 Å². The fraction of sp³-hybridized carbons (Fsp3) is 0.625. The minimum Gasteiger partial charge on any atom is -0.326 e. The summed E-state index contributed by atoms with van der Waals surface area (Å²) in [5, 5.41) is 0. The third-order valence-corrected chi connectivity index (χ3v) is 5.17. The first-order chi connectivity index (χ1) is 9.00. The maximum Gasteiger partial charge on any atom is 0.0307 e. The molecule has 0 amide bonds. The van der Waals surface area contributed by atoms with Crippen molar-refractivity contribution in [3.8, 4) is 0 Å². The van der Waals surface area contributed by atoms with Crippen molar-refractivity contribution in [2.45, 2.75) is 51.1 Å². The fourth-order valence-corrected chi connectivity index (χ4v) is 3.19. The van der Waals surface area contributed by atoms with E-state index >= 15 is 0 Å². The maximum atomic E-state index is 6.51. The first-order valence-corrected chi connectivity index (χ1v) is 8.33. The van der Waals surface area contributed by atoms with Crippen LogP contribution in [0.3, 0.4) is 0 Å². The van der Waals surface area contributed by atoms with Crippen molar-refractivity contribution < 1.29 is 0 Å². The van der Waals surface area contributed by atoms with Crippen LogP contribution in [0.5, 0.6) is 0 Å². The number of hydrogen-bond acceptors (Lipinski definition) is 2. The number of rotatable bonds is 4. The summed E-state index contributed by atoms with van der Waals surface area (Å²) in [4.78, 5) is 2.58. The standard InChI is InChI=1S/C16H25IN2/c1-16(2,19-10-4-3-5-11-19)15(18)12-13-6-8-14(17)9-7-13/h6-9,15H,3-5,10-12,18H2,1-2H3. The molecule has 1 aromatic rings. The van der Waals surface area contributed by atoms with E-state index in [1.165, 1.54) is 41.5 Å². The smallest absolute Gasteiger partial charge is 0.0307 e. The largest absolute Gasteiger partial charge is 0.326 e. The van der Waals surface area contributed by atoms with E-state index in [9.17, 15) is 0 Å². The highest BCUT2D eigenvalue weighted by Gasteiger charge is 2.33. The number of nitrogens with two attached hydrogens (primary N) is 1. The van der Waals surface area contributed by atoms with E-state index in [0.717, 1.165) is 6.42 Å². The Labute approximate surface area is 130 Å². The molecule has 1 fully saturated rings. The highest BCUT2D eigenvalue weighted by atomic mass is 127. The van der Waals surface area contributed by atoms with Crippen molar-refractivity contribution in [3.05, 3.63) is 33.4 Å². The van der Waals surface area contributed by atoms with E-state index in [1.54, 1.807) is 0 Å². The van der Waals surface area contributed by atoms with Crippen LogP contribution in [0.4, 0.5) is 0 Å². The van der Waals surface area contributed by atoms with Gasteiger partial charge in [-0.3, -0.25) is 4.90 Å². The van der Waals surface area contributed by atoms with Gasteiger partial charge in [0.15, 0.2) is 0 Å². The van der Waals surface area contributed by atoms with Crippen molar-refractivity contribution in [2.24, 2.45) is 5.73 Å². The van der Waals surface area contributed by atoms with Crippen molar-refractivity contribution in [3.63, 3.8) is 0 Å². The maximum absolute atomic E-state index is 6.51. The van der Waals surface area contributed by atoms with Gasteiger partial charge in [-0.15, -0.1) is 0 Å². The highest BCUT2D eigenvalue weighted by Crippen LogP contribution is 2.24. The molecule has 106 valence electrons. The van der Waals surface area contributed by atoms with Gasteiger partial charge in [0.25, 0.3) is 0 Å². The molecule has 1 aliphatic heterocycles. The molecule has 0 radical (unpaired) electrons. The third kappa shape index (κ3) is 3.92.